The molecular weight excluding hydrogens is 302 g/mol. The fraction of sp³-hybridized carbons (Fsp3) is 0.278. The van der Waals surface area contributed by atoms with Crippen molar-refractivity contribution in [3.05, 3.63) is 53.6 Å². The van der Waals surface area contributed by atoms with Crippen LogP contribution >= 0.6 is 0 Å². The molecule has 0 aliphatic carbocycles. The van der Waals surface area contributed by atoms with Gasteiger partial charge >= 0.3 is 0 Å². The number of amides is 1. The van der Waals surface area contributed by atoms with E-state index in [9.17, 15) is 4.79 Å². The van der Waals surface area contributed by atoms with Crippen molar-refractivity contribution in [2.45, 2.75) is 13.5 Å². The summed E-state index contributed by atoms with van der Waals surface area (Å²) in [6.07, 6.45) is 0. The molecule has 6 heteroatoms. The minimum atomic E-state index is -0.149. The van der Waals surface area contributed by atoms with Gasteiger partial charge in [-0.3, -0.25) is 4.79 Å². The molecule has 0 unspecified atom stereocenters. The van der Waals surface area contributed by atoms with Gasteiger partial charge in [0.1, 0.15) is 5.52 Å². The van der Waals surface area contributed by atoms with E-state index in [4.69, 9.17) is 0 Å². The van der Waals surface area contributed by atoms with Crippen LogP contribution in [0.1, 0.15) is 15.9 Å². The van der Waals surface area contributed by atoms with Crippen LogP contribution in [0.4, 0.5) is 5.69 Å². The maximum Gasteiger partial charge on any atom is 0.255 e. The molecule has 3 aromatic rings. The highest BCUT2D eigenvalue weighted by molar-refractivity contribution is 6.05. The molecule has 0 fully saturated rings. The first-order valence-electron chi connectivity index (χ1n) is 7.89. The summed E-state index contributed by atoms with van der Waals surface area (Å²) in [7, 11) is 4.04. The van der Waals surface area contributed by atoms with E-state index >= 15 is 0 Å². The minimum absolute atomic E-state index is 0.149. The number of nitrogens with one attached hydrogen (secondary N) is 1. The minimum Gasteiger partial charge on any atom is -0.322 e. The van der Waals surface area contributed by atoms with Crippen molar-refractivity contribution in [2.75, 3.05) is 26.0 Å². The van der Waals surface area contributed by atoms with E-state index in [1.165, 1.54) is 0 Å². The van der Waals surface area contributed by atoms with Gasteiger partial charge in [0.05, 0.1) is 12.1 Å². The molecule has 0 spiro atoms. The van der Waals surface area contributed by atoms with E-state index < -0.39 is 0 Å². The number of aryl methyl sites for hydroxylation is 1. The molecule has 0 aliphatic heterocycles. The molecule has 0 aliphatic rings. The van der Waals surface area contributed by atoms with Crippen LogP contribution < -0.4 is 5.32 Å². The zero-order valence-electron chi connectivity index (χ0n) is 14.2. The van der Waals surface area contributed by atoms with E-state index in [0.29, 0.717) is 5.56 Å². The summed E-state index contributed by atoms with van der Waals surface area (Å²) in [6, 6.07) is 13.2. The first-order chi connectivity index (χ1) is 11.5. The first-order valence-corrected chi connectivity index (χ1v) is 7.89. The van der Waals surface area contributed by atoms with Crippen molar-refractivity contribution in [3.8, 4) is 0 Å². The Labute approximate surface area is 141 Å². The highest BCUT2D eigenvalue weighted by atomic mass is 16.1. The number of nitrogens with zero attached hydrogens (tertiary/aromatic N) is 4. The van der Waals surface area contributed by atoms with Gasteiger partial charge < -0.3 is 10.2 Å². The predicted molar refractivity (Wildman–Crippen MR) is 95.2 cm³/mol. The fourth-order valence-corrected chi connectivity index (χ4v) is 2.41. The Kier molecular flexibility index (Phi) is 4.57. The van der Waals surface area contributed by atoms with Gasteiger partial charge in [0.15, 0.2) is 0 Å². The first kappa shape index (κ1) is 16.1. The topological polar surface area (TPSA) is 63.1 Å². The average molecular weight is 323 g/mol. The quantitative estimate of drug-likeness (QED) is 0.784. The standard InChI is InChI=1S/C18H21N5O/c1-13-4-7-15(8-5-13)19-18(24)14-6-9-17-16(12-14)20-21-23(17)11-10-22(2)3/h4-9,12H,10-11H2,1-3H3,(H,19,24). The third-order valence-electron chi connectivity index (χ3n) is 3.84. The summed E-state index contributed by atoms with van der Waals surface area (Å²) >= 11 is 0. The van der Waals surface area contributed by atoms with Gasteiger partial charge in [-0.25, -0.2) is 4.68 Å². The number of carbonyl (C=O) groups excluding carboxylic acids is 1. The molecule has 1 amide bonds. The van der Waals surface area contributed by atoms with Crippen molar-refractivity contribution in [1.29, 1.82) is 0 Å². The molecule has 0 saturated heterocycles. The maximum atomic E-state index is 12.4. The number of carbonyl (C=O) groups is 1. The van der Waals surface area contributed by atoms with Crippen molar-refractivity contribution in [3.63, 3.8) is 0 Å². The molecule has 2 aromatic carbocycles. The predicted octanol–water partition coefficient (Wildman–Crippen LogP) is 2.55. The number of hydrogen-bond donors (Lipinski definition) is 1. The molecule has 24 heavy (non-hydrogen) atoms. The van der Waals surface area contributed by atoms with E-state index in [-0.39, 0.29) is 5.91 Å². The Bertz CT molecular complexity index is 851. The van der Waals surface area contributed by atoms with E-state index in [1.807, 2.05) is 56.0 Å². The van der Waals surface area contributed by atoms with Crippen LogP contribution in [0.2, 0.25) is 0 Å². The Morgan fingerprint density at radius 3 is 2.62 bits per heavy atom. The third kappa shape index (κ3) is 3.60. The van der Waals surface area contributed by atoms with Gasteiger partial charge in [-0.2, -0.15) is 0 Å². The van der Waals surface area contributed by atoms with Crippen LogP contribution in [0.3, 0.4) is 0 Å². The number of anilines is 1. The molecule has 124 valence electrons. The summed E-state index contributed by atoms with van der Waals surface area (Å²) in [5, 5.41) is 11.2. The van der Waals surface area contributed by atoms with Crippen LogP contribution in [0, 0.1) is 6.92 Å². The molecule has 0 saturated carbocycles. The Balaban J connectivity index is 1.77. The lowest BCUT2D eigenvalue weighted by molar-refractivity contribution is 0.102. The van der Waals surface area contributed by atoms with Crippen molar-refractivity contribution < 1.29 is 4.79 Å². The van der Waals surface area contributed by atoms with E-state index in [0.717, 1.165) is 35.4 Å². The Hall–Kier alpha value is -2.73. The summed E-state index contributed by atoms with van der Waals surface area (Å²) in [6.45, 7) is 3.66. The van der Waals surface area contributed by atoms with E-state index in [2.05, 4.69) is 20.5 Å². The zero-order chi connectivity index (χ0) is 17.1. The highest BCUT2D eigenvalue weighted by Gasteiger charge is 2.10. The van der Waals surface area contributed by atoms with Crippen LogP contribution in [-0.2, 0) is 6.54 Å². The lowest BCUT2D eigenvalue weighted by Crippen LogP contribution is -2.19. The van der Waals surface area contributed by atoms with Crippen molar-refractivity contribution in [2.24, 2.45) is 0 Å². The molecule has 1 N–H and O–H groups in total. The summed E-state index contributed by atoms with van der Waals surface area (Å²) < 4.78 is 1.86. The molecular formula is C18H21N5O. The lowest BCUT2D eigenvalue weighted by atomic mass is 10.1. The van der Waals surface area contributed by atoms with Gasteiger partial charge in [0, 0.05) is 17.8 Å². The van der Waals surface area contributed by atoms with Gasteiger partial charge in [-0.1, -0.05) is 22.9 Å². The molecule has 0 bridgehead atoms. The third-order valence-corrected chi connectivity index (χ3v) is 3.84. The van der Waals surface area contributed by atoms with Gasteiger partial charge in [-0.05, 0) is 51.4 Å². The molecule has 6 nitrogen and oxygen atoms in total. The van der Waals surface area contributed by atoms with Crippen LogP contribution in [-0.4, -0.2) is 46.4 Å². The molecule has 1 aromatic heterocycles. The second kappa shape index (κ2) is 6.80. The SMILES string of the molecule is Cc1ccc(NC(=O)c2ccc3c(c2)nnn3CCN(C)C)cc1. The normalized spacial score (nSPS) is 11.2. The van der Waals surface area contributed by atoms with Crippen LogP contribution in [0.5, 0.6) is 0 Å². The second-order valence-corrected chi connectivity index (χ2v) is 6.14. The van der Waals surface area contributed by atoms with Gasteiger partial charge in [0.25, 0.3) is 5.91 Å². The molecule has 1 heterocycles. The summed E-state index contributed by atoms with van der Waals surface area (Å²) in [5.74, 6) is -0.149. The largest absolute Gasteiger partial charge is 0.322 e. The Morgan fingerprint density at radius 1 is 1.17 bits per heavy atom. The fourth-order valence-electron chi connectivity index (χ4n) is 2.41. The van der Waals surface area contributed by atoms with Crippen molar-refractivity contribution in [1.82, 2.24) is 19.9 Å². The number of fused-ring (bicyclic) bond motifs is 1. The number of aromatic nitrogens is 3. The van der Waals surface area contributed by atoms with E-state index in [1.54, 1.807) is 12.1 Å². The summed E-state index contributed by atoms with van der Waals surface area (Å²) in [4.78, 5) is 14.5. The number of benzene rings is 2. The monoisotopic (exact) mass is 323 g/mol. The van der Waals surface area contributed by atoms with Crippen LogP contribution in [0.25, 0.3) is 11.0 Å². The van der Waals surface area contributed by atoms with Crippen LogP contribution in [0.15, 0.2) is 42.5 Å². The average Bonchev–Trinajstić information content (AvgIpc) is 2.97. The maximum absolute atomic E-state index is 12.4. The van der Waals surface area contributed by atoms with Gasteiger partial charge in [0.2, 0.25) is 0 Å². The van der Waals surface area contributed by atoms with Gasteiger partial charge in [-0.15, -0.1) is 5.10 Å². The second-order valence-electron chi connectivity index (χ2n) is 6.14. The molecule has 0 atom stereocenters. The number of rotatable bonds is 5. The van der Waals surface area contributed by atoms with Crippen molar-refractivity contribution >= 4 is 22.6 Å². The number of likely N-dealkylation sites (N-methyl/N-ethyl adjacent to an activating group) is 1. The lowest BCUT2D eigenvalue weighted by Gasteiger charge is -2.09. The number of hydrogen-bond acceptors (Lipinski definition) is 4. The zero-order valence-corrected chi connectivity index (χ0v) is 14.2. The molecule has 3 rings (SSSR count). The Morgan fingerprint density at radius 2 is 1.92 bits per heavy atom. The summed E-state index contributed by atoms with van der Waals surface area (Å²) in [5.41, 5.74) is 4.17. The smallest absolute Gasteiger partial charge is 0.255 e. The highest BCUT2D eigenvalue weighted by Crippen LogP contribution is 2.16. The molecule has 0 radical (unpaired) electrons.